The van der Waals surface area contributed by atoms with E-state index in [4.69, 9.17) is 9.26 Å². The first-order chi connectivity index (χ1) is 9.72. The number of ether oxygens (including phenoxy) is 1. The van der Waals surface area contributed by atoms with Crippen molar-refractivity contribution in [1.82, 2.24) is 19.9 Å². The molecule has 0 N–H and O–H groups in total. The molecule has 0 atom stereocenters. The topological polar surface area (TPSA) is 54.6 Å². The van der Waals surface area contributed by atoms with Gasteiger partial charge in [-0.3, -0.25) is 4.90 Å². The molecular formula is C14H24N4O2. The van der Waals surface area contributed by atoms with Crippen LogP contribution in [0.25, 0.3) is 0 Å². The Kier molecular flexibility index (Phi) is 4.05. The van der Waals surface area contributed by atoms with Gasteiger partial charge >= 0.3 is 0 Å². The summed E-state index contributed by atoms with van der Waals surface area (Å²) in [6.07, 6.45) is 3.41. The minimum Gasteiger partial charge on any atom is -0.384 e. The molecule has 0 spiro atoms. The summed E-state index contributed by atoms with van der Waals surface area (Å²) in [5.41, 5.74) is -0.0118. The van der Waals surface area contributed by atoms with Crippen molar-refractivity contribution in [2.45, 2.75) is 31.2 Å². The van der Waals surface area contributed by atoms with Crippen molar-refractivity contribution >= 4 is 0 Å². The van der Waals surface area contributed by atoms with Gasteiger partial charge in [-0.2, -0.15) is 4.98 Å². The molecule has 1 saturated heterocycles. The molecule has 2 fully saturated rings. The van der Waals surface area contributed by atoms with E-state index in [1.54, 1.807) is 7.11 Å². The second-order valence-electron chi connectivity index (χ2n) is 6.16. The molecule has 112 valence electrons. The summed E-state index contributed by atoms with van der Waals surface area (Å²) < 4.78 is 10.8. The monoisotopic (exact) mass is 280 g/mol. The van der Waals surface area contributed by atoms with Crippen molar-refractivity contribution in [2.75, 3.05) is 46.9 Å². The SMILES string of the molecule is COCC1(c2nc(CN3CCN(C)CC3)no2)CCC1. The van der Waals surface area contributed by atoms with E-state index in [0.717, 1.165) is 57.3 Å². The lowest BCUT2D eigenvalue weighted by atomic mass is 9.69. The fourth-order valence-electron chi connectivity index (χ4n) is 3.04. The largest absolute Gasteiger partial charge is 0.384 e. The third-order valence-corrected chi connectivity index (χ3v) is 4.61. The number of nitrogens with zero attached hydrogens (tertiary/aromatic N) is 4. The van der Waals surface area contributed by atoms with Gasteiger partial charge < -0.3 is 14.2 Å². The van der Waals surface area contributed by atoms with Crippen LogP contribution in [-0.2, 0) is 16.7 Å². The Morgan fingerprint density at radius 1 is 1.25 bits per heavy atom. The molecule has 0 aromatic carbocycles. The molecule has 2 aliphatic rings. The van der Waals surface area contributed by atoms with Crippen LogP contribution in [0.15, 0.2) is 4.52 Å². The molecule has 0 amide bonds. The Morgan fingerprint density at radius 2 is 2.00 bits per heavy atom. The van der Waals surface area contributed by atoms with E-state index < -0.39 is 0 Å². The zero-order chi connectivity index (χ0) is 14.0. The first-order valence-corrected chi connectivity index (χ1v) is 7.45. The van der Waals surface area contributed by atoms with Crippen molar-refractivity contribution in [2.24, 2.45) is 0 Å². The van der Waals surface area contributed by atoms with Crippen LogP contribution in [0.3, 0.4) is 0 Å². The van der Waals surface area contributed by atoms with Crippen molar-refractivity contribution in [3.05, 3.63) is 11.7 Å². The average Bonchev–Trinajstić information content (AvgIpc) is 2.85. The summed E-state index contributed by atoms with van der Waals surface area (Å²) in [5, 5.41) is 4.16. The van der Waals surface area contributed by atoms with E-state index >= 15 is 0 Å². The summed E-state index contributed by atoms with van der Waals surface area (Å²) in [5.74, 6) is 1.58. The third kappa shape index (κ3) is 2.73. The predicted molar refractivity (Wildman–Crippen MR) is 74.5 cm³/mol. The molecule has 6 heteroatoms. The molecule has 1 saturated carbocycles. The predicted octanol–water partition coefficient (Wildman–Crippen LogP) is 0.885. The van der Waals surface area contributed by atoms with E-state index in [1.807, 2.05) is 0 Å². The summed E-state index contributed by atoms with van der Waals surface area (Å²) in [7, 11) is 3.90. The first-order valence-electron chi connectivity index (χ1n) is 7.45. The highest BCUT2D eigenvalue weighted by Crippen LogP contribution is 2.43. The lowest BCUT2D eigenvalue weighted by molar-refractivity contribution is 0.0552. The fourth-order valence-corrected chi connectivity index (χ4v) is 3.04. The molecule has 1 aromatic rings. The van der Waals surface area contributed by atoms with Crippen molar-refractivity contribution < 1.29 is 9.26 Å². The fraction of sp³-hybridized carbons (Fsp3) is 0.857. The Labute approximate surface area is 120 Å². The maximum absolute atomic E-state index is 5.51. The quantitative estimate of drug-likeness (QED) is 0.798. The Balaban J connectivity index is 1.62. The van der Waals surface area contributed by atoms with Crippen LogP contribution in [0.2, 0.25) is 0 Å². The van der Waals surface area contributed by atoms with Crippen molar-refractivity contribution in [3.63, 3.8) is 0 Å². The molecular weight excluding hydrogens is 256 g/mol. The normalized spacial score (nSPS) is 23.7. The molecule has 1 aliphatic heterocycles. The van der Waals surface area contributed by atoms with Crippen molar-refractivity contribution in [3.8, 4) is 0 Å². The molecule has 0 bridgehead atoms. The molecule has 1 aliphatic carbocycles. The minimum absolute atomic E-state index is 0.0118. The summed E-state index contributed by atoms with van der Waals surface area (Å²) in [6, 6.07) is 0. The van der Waals surface area contributed by atoms with Crippen LogP contribution in [0.5, 0.6) is 0 Å². The second kappa shape index (κ2) is 5.79. The van der Waals surface area contributed by atoms with Gasteiger partial charge in [0.2, 0.25) is 5.89 Å². The van der Waals surface area contributed by atoms with Crippen LogP contribution < -0.4 is 0 Å². The number of piperazine rings is 1. The second-order valence-corrected chi connectivity index (χ2v) is 6.16. The average molecular weight is 280 g/mol. The van der Waals surface area contributed by atoms with Gasteiger partial charge in [-0.15, -0.1) is 0 Å². The van der Waals surface area contributed by atoms with Crippen molar-refractivity contribution in [1.29, 1.82) is 0 Å². The van der Waals surface area contributed by atoms with E-state index in [1.165, 1.54) is 6.42 Å². The van der Waals surface area contributed by atoms with Crippen LogP contribution in [0.1, 0.15) is 31.0 Å². The van der Waals surface area contributed by atoms with Gasteiger partial charge in [0, 0.05) is 33.3 Å². The lowest BCUT2D eigenvalue weighted by Gasteiger charge is -2.37. The van der Waals surface area contributed by atoms with E-state index in [0.29, 0.717) is 6.61 Å². The van der Waals surface area contributed by atoms with Crippen LogP contribution >= 0.6 is 0 Å². The highest BCUT2D eigenvalue weighted by Gasteiger charge is 2.44. The Morgan fingerprint density at radius 3 is 2.60 bits per heavy atom. The van der Waals surface area contributed by atoms with Gasteiger partial charge in [0.25, 0.3) is 0 Å². The third-order valence-electron chi connectivity index (χ3n) is 4.61. The van der Waals surface area contributed by atoms with Crippen LogP contribution in [0.4, 0.5) is 0 Å². The number of likely N-dealkylation sites (N-methyl/N-ethyl adjacent to an activating group) is 1. The van der Waals surface area contributed by atoms with E-state index in [-0.39, 0.29) is 5.41 Å². The number of aromatic nitrogens is 2. The number of hydrogen-bond donors (Lipinski definition) is 0. The van der Waals surface area contributed by atoms with E-state index in [2.05, 4.69) is 27.0 Å². The molecule has 6 nitrogen and oxygen atoms in total. The maximum Gasteiger partial charge on any atom is 0.235 e. The summed E-state index contributed by atoms with van der Waals surface area (Å²) in [4.78, 5) is 9.36. The number of methoxy groups -OCH3 is 1. The molecule has 20 heavy (non-hydrogen) atoms. The van der Waals surface area contributed by atoms with Crippen LogP contribution in [-0.4, -0.2) is 66.9 Å². The standard InChI is InChI=1S/C14H24N4O2/c1-17-6-8-18(9-7-17)10-12-15-13(20-16-12)14(11-19-2)4-3-5-14/h3-11H2,1-2H3. The van der Waals surface area contributed by atoms with Gasteiger partial charge in [-0.05, 0) is 19.9 Å². The minimum atomic E-state index is -0.0118. The first kappa shape index (κ1) is 14.0. The van der Waals surface area contributed by atoms with Gasteiger partial charge in [0.05, 0.1) is 18.6 Å². The van der Waals surface area contributed by atoms with Gasteiger partial charge in [0.1, 0.15) is 0 Å². The Bertz CT molecular complexity index is 436. The number of rotatable bonds is 5. The lowest BCUT2D eigenvalue weighted by Crippen LogP contribution is -2.44. The highest BCUT2D eigenvalue weighted by molar-refractivity contribution is 5.10. The molecule has 3 rings (SSSR count). The molecule has 1 aromatic heterocycles. The van der Waals surface area contributed by atoms with Gasteiger partial charge in [-0.25, -0.2) is 0 Å². The maximum atomic E-state index is 5.51. The van der Waals surface area contributed by atoms with E-state index in [9.17, 15) is 0 Å². The Hall–Kier alpha value is -0.980. The number of hydrogen-bond acceptors (Lipinski definition) is 6. The zero-order valence-corrected chi connectivity index (χ0v) is 12.5. The van der Waals surface area contributed by atoms with Gasteiger partial charge in [0.15, 0.2) is 5.82 Å². The smallest absolute Gasteiger partial charge is 0.235 e. The highest BCUT2D eigenvalue weighted by atomic mass is 16.5. The summed E-state index contributed by atoms with van der Waals surface area (Å²) in [6.45, 7) is 5.84. The summed E-state index contributed by atoms with van der Waals surface area (Å²) >= 11 is 0. The molecule has 0 unspecified atom stereocenters. The van der Waals surface area contributed by atoms with Gasteiger partial charge in [-0.1, -0.05) is 11.6 Å². The zero-order valence-electron chi connectivity index (χ0n) is 12.5. The van der Waals surface area contributed by atoms with Crippen LogP contribution in [0, 0.1) is 0 Å². The molecule has 0 radical (unpaired) electrons. The molecule has 2 heterocycles.